The molecule has 0 amide bonds. The lowest BCUT2D eigenvalue weighted by Gasteiger charge is -2.35. The molecule has 0 unspecified atom stereocenters. The monoisotopic (exact) mass is 274 g/mol. The first-order valence-electron chi connectivity index (χ1n) is 3.70. The third kappa shape index (κ3) is 1.92. The largest absolute Gasteiger partial charge is 0.239 e. The van der Waals surface area contributed by atoms with E-state index < -0.39 is 11.3 Å². The fraction of sp³-hybridized carbons (Fsp3) is 0.750. The van der Waals surface area contributed by atoms with E-state index in [1.165, 1.54) is 12.2 Å². The van der Waals surface area contributed by atoms with Gasteiger partial charge in [-0.3, -0.25) is 0 Å². The molecule has 11 heavy (non-hydrogen) atoms. The first-order valence-corrected chi connectivity index (χ1v) is 3.70. The number of hydrogen-bond acceptors (Lipinski definition) is 0. The van der Waals surface area contributed by atoms with Crippen molar-refractivity contribution in [2.45, 2.75) is 38.0 Å². The Labute approximate surface area is 83.1 Å². The van der Waals surface area contributed by atoms with Crippen molar-refractivity contribution < 1.29 is 8.78 Å². The molecular formula is C8H13F2I. The number of halogens is 3. The van der Waals surface area contributed by atoms with Gasteiger partial charge in [-0.2, -0.15) is 0 Å². The van der Waals surface area contributed by atoms with Crippen molar-refractivity contribution in [1.82, 2.24) is 0 Å². The molecule has 1 saturated carbocycles. The van der Waals surface area contributed by atoms with Crippen LogP contribution < -0.4 is 0 Å². The zero-order chi connectivity index (χ0) is 7.83. The molecule has 0 radical (unpaired) electrons. The second-order valence-electron chi connectivity index (χ2n) is 2.76. The molecule has 0 aromatic rings. The Bertz CT molecular complexity index is 143. The fourth-order valence-corrected chi connectivity index (χ4v) is 1.46. The van der Waals surface area contributed by atoms with Crippen molar-refractivity contribution in [3.63, 3.8) is 0 Å². The van der Waals surface area contributed by atoms with Crippen LogP contribution in [0.15, 0.2) is 12.2 Å². The van der Waals surface area contributed by atoms with Crippen molar-refractivity contribution in [3.05, 3.63) is 12.2 Å². The van der Waals surface area contributed by atoms with E-state index in [4.69, 9.17) is 0 Å². The van der Waals surface area contributed by atoms with Crippen LogP contribution in [0.5, 0.6) is 0 Å². The van der Waals surface area contributed by atoms with Crippen LogP contribution in [-0.4, -0.2) is 11.3 Å². The minimum absolute atomic E-state index is 0. The average molecular weight is 274 g/mol. The summed E-state index contributed by atoms with van der Waals surface area (Å²) in [5.74, 6) is 0. The third-order valence-electron chi connectivity index (χ3n) is 1.86. The van der Waals surface area contributed by atoms with Crippen LogP contribution in [0.1, 0.15) is 26.7 Å². The summed E-state index contributed by atoms with van der Waals surface area (Å²) < 4.78 is 25.2. The molecule has 0 N–H and O–H groups in total. The zero-order valence-electron chi connectivity index (χ0n) is 6.73. The number of alkyl halides is 2. The van der Waals surface area contributed by atoms with Crippen molar-refractivity contribution >= 4 is 24.0 Å². The SMILES string of the molecule is CC.FC12C=CC(F)(C1)C2.I. The van der Waals surface area contributed by atoms with E-state index in [-0.39, 0.29) is 36.8 Å². The summed E-state index contributed by atoms with van der Waals surface area (Å²) in [6, 6.07) is 0. The van der Waals surface area contributed by atoms with E-state index >= 15 is 0 Å². The molecule has 3 aliphatic rings. The normalized spacial score (nSPS) is 43.3. The van der Waals surface area contributed by atoms with Crippen LogP contribution in [0.2, 0.25) is 0 Å². The highest BCUT2D eigenvalue weighted by Crippen LogP contribution is 2.54. The Balaban J connectivity index is 0.000000311. The van der Waals surface area contributed by atoms with Gasteiger partial charge < -0.3 is 0 Å². The average Bonchev–Trinajstić information content (AvgIpc) is 2.25. The van der Waals surface area contributed by atoms with Gasteiger partial charge in [-0.1, -0.05) is 13.8 Å². The maximum Gasteiger partial charge on any atom is 0.136 e. The molecule has 3 rings (SSSR count). The second kappa shape index (κ2) is 3.37. The third-order valence-corrected chi connectivity index (χ3v) is 1.86. The number of hydrogen-bond donors (Lipinski definition) is 0. The Hall–Kier alpha value is 0.330. The van der Waals surface area contributed by atoms with E-state index in [9.17, 15) is 8.78 Å². The summed E-state index contributed by atoms with van der Waals surface area (Å²) >= 11 is 0. The lowest BCUT2D eigenvalue weighted by molar-refractivity contribution is -0.000762. The molecule has 0 spiro atoms. The molecule has 0 heterocycles. The highest BCUT2D eigenvalue weighted by atomic mass is 127. The number of rotatable bonds is 0. The lowest BCUT2D eigenvalue weighted by Crippen LogP contribution is -2.42. The molecule has 3 heteroatoms. The summed E-state index contributed by atoms with van der Waals surface area (Å²) in [5.41, 5.74) is -2.51. The predicted octanol–water partition coefficient (Wildman–Crippen LogP) is 3.41. The summed E-state index contributed by atoms with van der Waals surface area (Å²) in [6.07, 6.45) is 2.82. The van der Waals surface area contributed by atoms with Gasteiger partial charge in [0.2, 0.25) is 0 Å². The Morgan fingerprint density at radius 1 is 1.00 bits per heavy atom. The van der Waals surface area contributed by atoms with Crippen LogP contribution >= 0.6 is 24.0 Å². The Morgan fingerprint density at radius 2 is 1.27 bits per heavy atom. The highest BCUT2D eigenvalue weighted by molar-refractivity contribution is 14.0. The first kappa shape index (κ1) is 11.3. The first-order chi connectivity index (χ1) is 4.62. The standard InChI is InChI=1S/C6H6F2.C2H6.HI/c7-5-1-2-6(8,3-5)4-5;1-2;/h1-2H,3-4H2;1-2H3;1H. The topological polar surface area (TPSA) is 0 Å². The minimum atomic E-state index is -1.26. The van der Waals surface area contributed by atoms with E-state index in [1.807, 2.05) is 13.8 Å². The summed E-state index contributed by atoms with van der Waals surface area (Å²) in [4.78, 5) is 0. The summed E-state index contributed by atoms with van der Waals surface area (Å²) in [6.45, 7) is 4.00. The van der Waals surface area contributed by atoms with Gasteiger partial charge in [0.1, 0.15) is 11.3 Å². The highest BCUT2D eigenvalue weighted by Gasteiger charge is 2.58. The molecule has 1 fully saturated rings. The smallest absolute Gasteiger partial charge is 0.136 e. The maximum atomic E-state index is 12.6. The molecular weight excluding hydrogens is 261 g/mol. The van der Waals surface area contributed by atoms with Crippen molar-refractivity contribution in [2.24, 2.45) is 0 Å². The summed E-state index contributed by atoms with van der Waals surface area (Å²) in [5, 5.41) is 0. The van der Waals surface area contributed by atoms with Gasteiger partial charge >= 0.3 is 0 Å². The molecule has 0 nitrogen and oxygen atoms in total. The molecule has 0 atom stereocenters. The zero-order valence-corrected chi connectivity index (χ0v) is 9.06. The minimum Gasteiger partial charge on any atom is -0.239 e. The van der Waals surface area contributed by atoms with E-state index in [2.05, 4.69) is 0 Å². The van der Waals surface area contributed by atoms with Crippen molar-refractivity contribution in [2.75, 3.05) is 0 Å². The predicted molar refractivity (Wildman–Crippen MR) is 52.8 cm³/mol. The van der Waals surface area contributed by atoms with Gasteiger partial charge in [-0.25, -0.2) is 8.78 Å². The van der Waals surface area contributed by atoms with E-state index in [1.54, 1.807) is 0 Å². The van der Waals surface area contributed by atoms with Gasteiger partial charge in [0, 0.05) is 12.8 Å². The van der Waals surface area contributed by atoms with Crippen LogP contribution in [0.3, 0.4) is 0 Å². The van der Waals surface area contributed by atoms with Gasteiger partial charge in [0.05, 0.1) is 0 Å². The molecule has 3 aliphatic carbocycles. The van der Waals surface area contributed by atoms with Crippen LogP contribution in [0, 0.1) is 0 Å². The van der Waals surface area contributed by atoms with Gasteiger partial charge in [0.25, 0.3) is 0 Å². The van der Waals surface area contributed by atoms with Gasteiger partial charge in [-0.05, 0) is 12.2 Å². The molecule has 0 aromatic carbocycles. The molecule has 2 bridgehead atoms. The van der Waals surface area contributed by atoms with Crippen LogP contribution in [-0.2, 0) is 0 Å². The van der Waals surface area contributed by atoms with E-state index in [0.717, 1.165) is 0 Å². The van der Waals surface area contributed by atoms with Crippen molar-refractivity contribution in [3.8, 4) is 0 Å². The molecule has 0 saturated heterocycles. The molecule has 0 aromatic heterocycles. The summed E-state index contributed by atoms with van der Waals surface area (Å²) in [7, 11) is 0. The van der Waals surface area contributed by atoms with Crippen molar-refractivity contribution in [1.29, 1.82) is 0 Å². The number of allylic oxidation sites excluding steroid dienone is 2. The molecule has 66 valence electrons. The molecule has 0 aliphatic heterocycles. The van der Waals surface area contributed by atoms with Crippen LogP contribution in [0.4, 0.5) is 8.78 Å². The lowest BCUT2D eigenvalue weighted by atomic mass is 9.78. The Kier molecular flexibility index (Phi) is 3.47. The van der Waals surface area contributed by atoms with E-state index in [0.29, 0.717) is 0 Å². The van der Waals surface area contributed by atoms with Gasteiger partial charge in [-0.15, -0.1) is 24.0 Å². The van der Waals surface area contributed by atoms with Gasteiger partial charge in [0.15, 0.2) is 0 Å². The second-order valence-corrected chi connectivity index (χ2v) is 2.76. The maximum absolute atomic E-state index is 12.6. The Morgan fingerprint density at radius 3 is 1.36 bits per heavy atom. The quantitative estimate of drug-likeness (QED) is 0.469. The van der Waals surface area contributed by atoms with Crippen LogP contribution in [0.25, 0.3) is 0 Å². The fourth-order valence-electron chi connectivity index (χ4n) is 1.46.